The van der Waals surface area contributed by atoms with E-state index in [0.29, 0.717) is 0 Å². The number of anilines is 3. The first kappa shape index (κ1) is 29.6. The van der Waals surface area contributed by atoms with Crippen LogP contribution < -0.4 is 4.90 Å². The third-order valence-electron chi connectivity index (χ3n) is 10.7. The van der Waals surface area contributed by atoms with Gasteiger partial charge in [0.25, 0.3) is 0 Å². The third kappa shape index (κ3) is 4.54. The molecule has 0 N–H and O–H groups in total. The summed E-state index contributed by atoms with van der Waals surface area (Å²) in [6.07, 6.45) is 0. The van der Waals surface area contributed by atoms with Crippen molar-refractivity contribution >= 4 is 82.5 Å². The van der Waals surface area contributed by atoms with Crippen LogP contribution >= 0.6 is 0 Å². The quantitative estimate of drug-likeness (QED) is 0.170. The molecule has 2 aromatic heterocycles. The summed E-state index contributed by atoms with van der Waals surface area (Å²) < 4.78 is 13.4. The summed E-state index contributed by atoms with van der Waals surface area (Å²) in [6.45, 7) is 0. The first-order valence-corrected chi connectivity index (χ1v) is 18.0. The largest absolute Gasteiger partial charge is 0.455 e. The lowest BCUT2D eigenvalue weighted by Gasteiger charge is -2.29. The Hall–Kier alpha value is -7.10. The molecular formula is C50H31NO2. The van der Waals surface area contributed by atoms with Gasteiger partial charge >= 0.3 is 0 Å². The molecule has 0 spiro atoms. The van der Waals surface area contributed by atoms with Gasteiger partial charge in [-0.2, -0.15) is 0 Å². The Morgan fingerprint density at radius 1 is 0.302 bits per heavy atom. The SMILES string of the molecule is c1ccc(-c2ccc3oc4c5ccccc5c5ccccc5c4c3c2N(c2ccccc2)c2ccc(-c3cccc4c3oc3ccccc34)cc2)cc1. The topological polar surface area (TPSA) is 29.5 Å². The summed E-state index contributed by atoms with van der Waals surface area (Å²) in [7, 11) is 0. The number of nitrogens with zero attached hydrogens (tertiary/aromatic N) is 1. The van der Waals surface area contributed by atoms with E-state index in [9.17, 15) is 0 Å². The van der Waals surface area contributed by atoms with Crippen molar-refractivity contribution in [1.82, 2.24) is 0 Å². The van der Waals surface area contributed by atoms with Gasteiger partial charge in [-0.15, -0.1) is 0 Å². The number of hydrogen-bond donors (Lipinski definition) is 0. The highest BCUT2D eigenvalue weighted by Gasteiger charge is 2.26. The molecule has 248 valence electrons. The number of benzene rings is 9. The summed E-state index contributed by atoms with van der Waals surface area (Å²) >= 11 is 0. The molecule has 3 nitrogen and oxygen atoms in total. The van der Waals surface area contributed by atoms with Gasteiger partial charge in [-0.25, -0.2) is 0 Å². The van der Waals surface area contributed by atoms with Gasteiger partial charge in [-0.3, -0.25) is 0 Å². The molecule has 53 heavy (non-hydrogen) atoms. The highest BCUT2D eigenvalue weighted by Crippen LogP contribution is 2.51. The van der Waals surface area contributed by atoms with Crippen LogP contribution in [0.4, 0.5) is 17.1 Å². The van der Waals surface area contributed by atoms with Gasteiger partial charge in [0.05, 0.1) is 11.1 Å². The average molecular weight is 678 g/mol. The molecule has 0 aliphatic heterocycles. The monoisotopic (exact) mass is 677 g/mol. The predicted octanol–water partition coefficient (Wildman–Crippen LogP) is 14.6. The number of furan rings is 2. The number of rotatable bonds is 5. The van der Waals surface area contributed by atoms with Crippen LogP contribution in [0.5, 0.6) is 0 Å². The van der Waals surface area contributed by atoms with E-state index < -0.39 is 0 Å². The fourth-order valence-electron chi connectivity index (χ4n) is 8.30. The number of hydrogen-bond acceptors (Lipinski definition) is 3. The van der Waals surface area contributed by atoms with Crippen molar-refractivity contribution in [3.63, 3.8) is 0 Å². The molecule has 2 heterocycles. The van der Waals surface area contributed by atoms with Crippen molar-refractivity contribution in [3.05, 3.63) is 188 Å². The van der Waals surface area contributed by atoms with Crippen LogP contribution in [0.3, 0.4) is 0 Å². The van der Waals surface area contributed by atoms with Gasteiger partial charge in [0.1, 0.15) is 22.3 Å². The normalized spacial score (nSPS) is 11.8. The molecule has 0 atom stereocenters. The van der Waals surface area contributed by atoms with Crippen LogP contribution in [0.1, 0.15) is 0 Å². The highest BCUT2D eigenvalue weighted by molar-refractivity contribution is 6.33. The van der Waals surface area contributed by atoms with Crippen molar-refractivity contribution in [2.24, 2.45) is 0 Å². The molecule has 9 aromatic carbocycles. The van der Waals surface area contributed by atoms with Crippen molar-refractivity contribution in [1.29, 1.82) is 0 Å². The Morgan fingerprint density at radius 3 is 1.62 bits per heavy atom. The Kier molecular flexibility index (Phi) is 6.55. The van der Waals surface area contributed by atoms with E-state index in [1.807, 2.05) is 12.1 Å². The second kappa shape index (κ2) is 11.7. The zero-order valence-electron chi connectivity index (χ0n) is 28.7. The van der Waals surface area contributed by atoms with E-state index in [2.05, 4.69) is 181 Å². The average Bonchev–Trinajstić information content (AvgIpc) is 3.82. The molecule has 11 rings (SSSR count). The first-order valence-electron chi connectivity index (χ1n) is 18.0. The van der Waals surface area contributed by atoms with Crippen molar-refractivity contribution in [2.75, 3.05) is 4.90 Å². The summed E-state index contributed by atoms with van der Waals surface area (Å²) in [5.41, 5.74) is 11.2. The van der Waals surface area contributed by atoms with E-state index in [1.54, 1.807) is 0 Å². The van der Waals surface area contributed by atoms with Gasteiger partial charge in [0.2, 0.25) is 0 Å². The Morgan fingerprint density at radius 2 is 0.849 bits per heavy atom. The molecule has 0 saturated heterocycles. The molecule has 0 aliphatic rings. The number of para-hydroxylation sites is 3. The fraction of sp³-hybridized carbons (Fsp3) is 0. The smallest absolute Gasteiger partial charge is 0.143 e. The van der Waals surface area contributed by atoms with E-state index in [0.717, 1.165) is 88.6 Å². The van der Waals surface area contributed by atoms with Crippen molar-refractivity contribution in [2.45, 2.75) is 0 Å². The van der Waals surface area contributed by atoms with Gasteiger partial charge in [-0.1, -0.05) is 146 Å². The minimum absolute atomic E-state index is 0.852. The lowest BCUT2D eigenvalue weighted by atomic mass is 9.93. The molecule has 3 heteroatoms. The van der Waals surface area contributed by atoms with Crippen molar-refractivity contribution in [3.8, 4) is 22.3 Å². The highest BCUT2D eigenvalue weighted by atomic mass is 16.3. The first-order chi connectivity index (χ1) is 26.3. The fourth-order valence-corrected chi connectivity index (χ4v) is 8.30. The molecule has 0 amide bonds. The molecule has 0 unspecified atom stereocenters. The van der Waals surface area contributed by atoms with Crippen LogP contribution in [0.2, 0.25) is 0 Å². The second-order valence-electron chi connectivity index (χ2n) is 13.6. The zero-order chi connectivity index (χ0) is 34.9. The standard InChI is InChI=1S/C50H31NO2/c1-3-14-32(15-4-1)36-30-31-45-47(46-41-21-9-7-18-38(41)39-19-8-10-22-42(39)50(46)53-45)48(36)51(34-16-5-2-6-17-34)35-28-26-33(27-29-35)37-23-13-24-43-40-20-11-12-25-44(40)52-49(37)43/h1-31H. The van der Waals surface area contributed by atoms with Crippen LogP contribution in [0, 0.1) is 0 Å². The van der Waals surface area contributed by atoms with Gasteiger partial charge in [-0.05, 0) is 69.8 Å². The minimum atomic E-state index is 0.852. The molecule has 0 saturated carbocycles. The maximum Gasteiger partial charge on any atom is 0.143 e. The number of fused-ring (bicyclic) bond motifs is 11. The van der Waals surface area contributed by atoms with Gasteiger partial charge in [0.15, 0.2) is 0 Å². The minimum Gasteiger partial charge on any atom is -0.455 e. The molecule has 0 radical (unpaired) electrons. The lowest BCUT2D eigenvalue weighted by Crippen LogP contribution is -2.11. The van der Waals surface area contributed by atoms with Crippen LogP contribution in [0.15, 0.2) is 197 Å². The van der Waals surface area contributed by atoms with Gasteiger partial charge in [0, 0.05) is 44.0 Å². The summed E-state index contributed by atoms with van der Waals surface area (Å²) in [5.74, 6) is 0. The zero-order valence-corrected chi connectivity index (χ0v) is 28.7. The molecule has 0 bridgehead atoms. The summed E-state index contributed by atoms with van der Waals surface area (Å²) in [5, 5.41) is 9.15. The van der Waals surface area contributed by atoms with Crippen LogP contribution in [-0.2, 0) is 0 Å². The van der Waals surface area contributed by atoms with Crippen LogP contribution in [-0.4, -0.2) is 0 Å². The van der Waals surface area contributed by atoms with E-state index >= 15 is 0 Å². The Balaban J connectivity index is 1.21. The lowest BCUT2D eigenvalue weighted by molar-refractivity contribution is 0.670. The second-order valence-corrected chi connectivity index (χ2v) is 13.6. The predicted molar refractivity (Wildman–Crippen MR) is 222 cm³/mol. The molecule has 11 aromatic rings. The Bertz CT molecular complexity index is 3160. The third-order valence-corrected chi connectivity index (χ3v) is 10.7. The maximum atomic E-state index is 6.93. The molecule has 0 aliphatic carbocycles. The van der Waals surface area contributed by atoms with Crippen LogP contribution in [0.25, 0.3) is 87.7 Å². The van der Waals surface area contributed by atoms with Crippen molar-refractivity contribution < 1.29 is 8.83 Å². The van der Waals surface area contributed by atoms with Gasteiger partial charge < -0.3 is 13.7 Å². The van der Waals surface area contributed by atoms with E-state index in [1.165, 1.54) is 16.2 Å². The molecular weight excluding hydrogens is 647 g/mol. The summed E-state index contributed by atoms with van der Waals surface area (Å²) in [4.78, 5) is 2.40. The Labute approximate surface area is 305 Å². The van der Waals surface area contributed by atoms with E-state index in [4.69, 9.17) is 8.83 Å². The van der Waals surface area contributed by atoms with E-state index in [-0.39, 0.29) is 0 Å². The molecule has 0 fully saturated rings. The summed E-state index contributed by atoms with van der Waals surface area (Å²) in [6, 6.07) is 66.6. The maximum absolute atomic E-state index is 6.93.